The van der Waals surface area contributed by atoms with Crippen molar-refractivity contribution < 1.29 is 14.3 Å². The van der Waals surface area contributed by atoms with E-state index in [0.29, 0.717) is 17.9 Å². The van der Waals surface area contributed by atoms with Crippen molar-refractivity contribution in [2.45, 2.75) is 33.0 Å². The summed E-state index contributed by atoms with van der Waals surface area (Å²) in [6.45, 7) is 7.71. The molecule has 2 atom stereocenters. The molecule has 5 heteroatoms. The smallest absolute Gasteiger partial charge is 0.340 e. The average molecular weight is 278 g/mol. The highest BCUT2D eigenvalue weighted by atomic mass is 16.5. The fourth-order valence-corrected chi connectivity index (χ4v) is 2.58. The zero-order valence-electron chi connectivity index (χ0n) is 12.3. The minimum atomic E-state index is -0.332. The number of anilines is 2. The molecule has 1 aromatic carbocycles. The van der Waals surface area contributed by atoms with E-state index in [9.17, 15) is 4.79 Å². The van der Waals surface area contributed by atoms with Crippen LogP contribution in [0, 0.1) is 0 Å². The number of nitrogens with two attached hydrogens (primary N) is 1. The molecule has 20 heavy (non-hydrogen) atoms. The number of morpholine rings is 1. The normalized spacial score (nSPS) is 22.6. The molecular formula is C15H22N2O3. The zero-order valence-corrected chi connectivity index (χ0v) is 12.3. The van der Waals surface area contributed by atoms with Crippen LogP contribution in [0.2, 0.25) is 0 Å². The van der Waals surface area contributed by atoms with Gasteiger partial charge in [0.25, 0.3) is 0 Å². The molecule has 1 aliphatic heterocycles. The Bertz CT molecular complexity index is 480. The van der Waals surface area contributed by atoms with Crippen LogP contribution in [0.4, 0.5) is 11.4 Å². The van der Waals surface area contributed by atoms with Gasteiger partial charge in [-0.05, 0) is 39.0 Å². The molecule has 1 saturated heterocycles. The molecule has 2 N–H and O–H groups in total. The number of nitrogens with zero attached hydrogens (tertiary/aromatic N) is 1. The maximum Gasteiger partial charge on any atom is 0.340 e. The minimum Gasteiger partial charge on any atom is -0.462 e. The number of esters is 1. The van der Waals surface area contributed by atoms with Crippen LogP contribution in [-0.2, 0) is 9.47 Å². The van der Waals surface area contributed by atoms with Crippen LogP contribution in [0.15, 0.2) is 18.2 Å². The van der Waals surface area contributed by atoms with Gasteiger partial charge in [-0.3, -0.25) is 0 Å². The third-order valence-corrected chi connectivity index (χ3v) is 3.28. The van der Waals surface area contributed by atoms with Crippen LogP contribution in [0.25, 0.3) is 0 Å². The molecule has 0 unspecified atom stereocenters. The molecule has 0 aliphatic carbocycles. The van der Waals surface area contributed by atoms with Gasteiger partial charge in [0.2, 0.25) is 0 Å². The van der Waals surface area contributed by atoms with Crippen molar-refractivity contribution in [1.82, 2.24) is 0 Å². The Balaban J connectivity index is 2.32. The molecule has 5 nitrogen and oxygen atoms in total. The van der Waals surface area contributed by atoms with Crippen molar-refractivity contribution in [2.75, 3.05) is 30.3 Å². The number of ether oxygens (including phenoxy) is 2. The first-order valence-electron chi connectivity index (χ1n) is 6.98. The second-order valence-corrected chi connectivity index (χ2v) is 5.16. The van der Waals surface area contributed by atoms with Crippen molar-refractivity contribution in [3.05, 3.63) is 23.8 Å². The lowest BCUT2D eigenvalue weighted by Gasteiger charge is -2.37. The van der Waals surface area contributed by atoms with Crippen LogP contribution in [0.1, 0.15) is 31.1 Å². The molecule has 0 radical (unpaired) electrons. The third-order valence-electron chi connectivity index (χ3n) is 3.28. The fraction of sp³-hybridized carbons (Fsp3) is 0.533. The van der Waals surface area contributed by atoms with Gasteiger partial charge in [-0.1, -0.05) is 0 Å². The average Bonchev–Trinajstić information content (AvgIpc) is 2.37. The third kappa shape index (κ3) is 3.22. The first-order chi connectivity index (χ1) is 9.51. The lowest BCUT2D eigenvalue weighted by atomic mass is 10.1. The SMILES string of the molecule is CCOC(=O)c1cc(N)ccc1N1C[C@@H](C)O[C@@H](C)C1. The summed E-state index contributed by atoms with van der Waals surface area (Å²) in [5.74, 6) is -0.332. The quantitative estimate of drug-likeness (QED) is 0.677. The maximum absolute atomic E-state index is 12.1. The Labute approximate surface area is 119 Å². The van der Waals surface area contributed by atoms with E-state index in [1.54, 1.807) is 13.0 Å². The van der Waals surface area contributed by atoms with Gasteiger partial charge in [0.1, 0.15) is 0 Å². The van der Waals surface area contributed by atoms with Gasteiger partial charge in [-0.2, -0.15) is 0 Å². The molecule has 0 bridgehead atoms. The number of carbonyl (C=O) groups is 1. The Kier molecular flexibility index (Phi) is 4.49. The van der Waals surface area contributed by atoms with Crippen LogP contribution in [0.3, 0.4) is 0 Å². The standard InChI is InChI=1S/C15H22N2O3/c1-4-19-15(18)13-7-12(16)5-6-14(13)17-8-10(2)20-11(3)9-17/h5-7,10-11H,4,8-9,16H2,1-3H3/t10-,11+. The van der Waals surface area contributed by atoms with Crippen molar-refractivity contribution in [3.8, 4) is 0 Å². The minimum absolute atomic E-state index is 0.131. The zero-order chi connectivity index (χ0) is 14.7. The van der Waals surface area contributed by atoms with Gasteiger partial charge < -0.3 is 20.1 Å². The summed E-state index contributed by atoms with van der Waals surface area (Å²) in [6, 6.07) is 5.37. The summed E-state index contributed by atoms with van der Waals surface area (Å²) in [4.78, 5) is 14.2. The van der Waals surface area contributed by atoms with Crippen molar-refractivity contribution in [3.63, 3.8) is 0 Å². The van der Waals surface area contributed by atoms with Crippen LogP contribution in [-0.4, -0.2) is 37.9 Å². The van der Waals surface area contributed by atoms with E-state index < -0.39 is 0 Å². The Hall–Kier alpha value is -1.75. The van der Waals surface area contributed by atoms with E-state index in [4.69, 9.17) is 15.2 Å². The number of rotatable bonds is 3. The van der Waals surface area contributed by atoms with Gasteiger partial charge in [0, 0.05) is 18.8 Å². The number of carbonyl (C=O) groups excluding carboxylic acids is 1. The summed E-state index contributed by atoms with van der Waals surface area (Å²) in [7, 11) is 0. The van der Waals surface area contributed by atoms with E-state index in [1.807, 2.05) is 26.0 Å². The van der Waals surface area contributed by atoms with Gasteiger partial charge >= 0.3 is 5.97 Å². The largest absolute Gasteiger partial charge is 0.462 e. The molecule has 1 heterocycles. The highest BCUT2D eigenvalue weighted by Gasteiger charge is 2.26. The van der Waals surface area contributed by atoms with Crippen LogP contribution >= 0.6 is 0 Å². The van der Waals surface area contributed by atoms with Crippen molar-refractivity contribution in [2.24, 2.45) is 0 Å². The van der Waals surface area contributed by atoms with E-state index in [2.05, 4.69) is 4.90 Å². The van der Waals surface area contributed by atoms with E-state index in [-0.39, 0.29) is 18.2 Å². The van der Waals surface area contributed by atoms with Crippen molar-refractivity contribution in [1.29, 1.82) is 0 Å². The number of nitrogen functional groups attached to an aromatic ring is 1. The Morgan fingerprint density at radius 3 is 2.65 bits per heavy atom. The lowest BCUT2D eigenvalue weighted by Crippen LogP contribution is -2.46. The summed E-state index contributed by atoms with van der Waals surface area (Å²) in [6.07, 6.45) is 0.262. The second-order valence-electron chi connectivity index (χ2n) is 5.16. The highest BCUT2D eigenvalue weighted by Crippen LogP contribution is 2.27. The number of hydrogen-bond donors (Lipinski definition) is 1. The first kappa shape index (κ1) is 14.7. The summed E-state index contributed by atoms with van der Waals surface area (Å²) in [5.41, 5.74) is 7.74. The topological polar surface area (TPSA) is 64.8 Å². The highest BCUT2D eigenvalue weighted by molar-refractivity contribution is 5.97. The van der Waals surface area contributed by atoms with Crippen LogP contribution in [0.5, 0.6) is 0 Å². The Morgan fingerprint density at radius 1 is 1.40 bits per heavy atom. The summed E-state index contributed by atoms with van der Waals surface area (Å²) in [5, 5.41) is 0. The van der Waals surface area contributed by atoms with E-state index in [1.165, 1.54) is 0 Å². The molecule has 0 aromatic heterocycles. The van der Waals surface area contributed by atoms with Crippen LogP contribution < -0.4 is 10.6 Å². The maximum atomic E-state index is 12.1. The molecule has 0 saturated carbocycles. The summed E-state index contributed by atoms with van der Waals surface area (Å²) < 4.78 is 10.8. The number of hydrogen-bond acceptors (Lipinski definition) is 5. The fourth-order valence-electron chi connectivity index (χ4n) is 2.58. The molecular weight excluding hydrogens is 256 g/mol. The monoisotopic (exact) mass is 278 g/mol. The van der Waals surface area contributed by atoms with Gasteiger partial charge in [-0.25, -0.2) is 4.79 Å². The molecule has 1 aliphatic rings. The van der Waals surface area contributed by atoms with Gasteiger partial charge in [0.05, 0.1) is 30.1 Å². The molecule has 110 valence electrons. The number of benzene rings is 1. The van der Waals surface area contributed by atoms with Gasteiger partial charge in [-0.15, -0.1) is 0 Å². The molecule has 0 spiro atoms. The van der Waals surface area contributed by atoms with E-state index in [0.717, 1.165) is 18.8 Å². The van der Waals surface area contributed by atoms with Gasteiger partial charge in [0.15, 0.2) is 0 Å². The van der Waals surface area contributed by atoms with E-state index >= 15 is 0 Å². The molecule has 1 fully saturated rings. The molecule has 1 aromatic rings. The first-order valence-corrected chi connectivity index (χ1v) is 6.98. The summed E-state index contributed by atoms with van der Waals surface area (Å²) >= 11 is 0. The second kappa shape index (κ2) is 6.13. The van der Waals surface area contributed by atoms with Crippen molar-refractivity contribution >= 4 is 17.3 Å². The molecule has 2 rings (SSSR count). The predicted molar refractivity (Wildman–Crippen MR) is 79.0 cm³/mol. The Morgan fingerprint density at radius 2 is 2.05 bits per heavy atom. The predicted octanol–water partition coefficient (Wildman–Crippen LogP) is 2.06. The molecule has 0 amide bonds. The lowest BCUT2D eigenvalue weighted by molar-refractivity contribution is -0.00535.